The predicted octanol–water partition coefficient (Wildman–Crippen LogP) is 4.88. The van der Waals surface area contributed by atoms with Gasteiger partial charge >= 0.3 is 12.2 Å². The van der Waals surface area contributed by atoms with Crippen molar-refractivity contribution < 1.29 is 18.0 Å². The summed E-state index contributed by atoms with van der Waals surface area (Å²) in [5.74, 6) is 0. The van der Waals surface area contributed by atoms with Crippen molar-refractivity contribution >= 4 is 11.7 Å². The molecule has 0 aliphatic rings. The average Bonchev–Trinajstić information content (AvgIpc) is 3.07. The lowest BCUT2D eigenvalue weighted by molar-refractivity contribution is -0.136. The Balaban J connectivity index is 1.62. The fourth-order valence-corrected chi connectivity index (χ4v) is 2.72. The van der Waals surface area contributed by atoms with Crippen LogP contribution in [0.4, 0.5) is 23.7 Å². The van der Waals surface area contributed by atoms with E-state index >= 15 is 0 Å². The lowest BCUT2D eigenvalue weighted by Crippen LogP contribution is -2.30. The highest BCUT2D eigenvalue weighted by molar-refractivity contribution is 5.90. The molecule has 1 heterocycles. The molecule has 0 atom stereocenters. The number of anilines is 1. The summed E-state index contributed by atoms with van der Waals surface area (Å²) < 4.78 is 40.9. The summed E-state index contributed by atoms with van der Waals surface area (Å²) in [6.07, 6.45) is -2.64. The van der Waals surface area contributed by atoms with E-state index in [4.69, 9.17) is 0 Å². The topological polar surface area (TPSA) is 46.1 Å². The van der Waals surface area contributed by atoms with Gasteiger partial charge < -0.3 is 15.2 Å². The standard InChI is InChI=1S/C20H18F3N3O/c21-20(22,23)17-10-4-5-11-18(17)25-19(27)24-13-16-9-6-12-26(16)14-15-7-2-1-3-8-15/h1-12H,13-14H2,(H2,24,25,27). The molecule has 140 valence electrons. The number of aromatic nitrogens is 1. The van der Waals surface area contributed by atoms with Crippen LogP contribution in [0.25, 0.3) is 0 Å². The first-order chi connectivity index (χ1) is 12.9. The van der Waals surface area contributed by atoms with Crippen molar-refractivity contribution in [2.24, 2.45) is 0 Å². The maximum absolute atomic E-state index is 13.0. The number of alkyl halides is 3. The molecule has 0 fully saturated rings. The van der Waals surface area contributed by atoms with Gasteiger partial charge in [0.1, 0.15) is 0 Å². The molecule has 7 heteroatoms. The van der Waals surface area contributed by atoms with Crippen molar-refractivity contribution in [1.82, 2.24) is 9.88 Å². The Bertz CT molecular complexity index is 904. The van der Waals surface area contributed by atoms with Gasteiger partial charge in [-0.25, -0.2) is 4.79 Å². The van der Waals surface area contributed by atoms with Gasteiger partial charge in [0.05, 0.1) is 17.8 Å². The first kappa shape index (κ1) is 18.6. The Morgan fingerprint density at radius 3 is 2.37 bits per heavy atom. The number of para-hydroxylation sites is 1. The first-order valence-corrected chi connectivity index (χ1v) is 8.32. The van der Waals surface area contributed by atoms with Crippen molar-refractivity contribution in [2.45, 2.75) is 19.3 Å². The number of halogens is 3. The SMILES string of the molecule is O=C(NCc1cccn1Cc1ccccc1)Nc1ccccc1C(F)(F)F. The second-order valence-corrected chi connectivity index (χ2v) is 5.96. The first-order valence-electron chi connectivity index (χ1n) is 8.32. The molecule has 0 aliphatic carbocycles. The molecule has 27 heavy (non-hydrogen) atoms. The molecule has 4 nitrogen and oxygen atoms in total. The van der Waals surface area contributed by atoms with Gasteiger partial charge in [0.15, 0.2) is 0 Å². The van der Waals surface area contributed by atoms with Gasteiger partial charge in [0.2, 0.25) is 0 Å². The van der Waals surface area contributed by atoms with E-state index in [0.717, 1.165) is 17.3 Å². The van der Waals surface area contributed by atoms with Crippen molar-refractivity contribution in [1.29, 1.82) is 0 Å². The van der Waals surface area contributed by atoms with E-state index in [0.29, 0.717) is 6.54 Å². The molecule has 3 rings (SSSR count). The van der Waals surface area contributed by atoms with Crippen LogP contribution in [-0.4, -0.2) is 10.6 Å². The summed E-state index contributed by atoms with van der Waals surface area (Å²) in [7, 11) is 0. The van der Waals surface area contributed by atoms with Gasteiger partial charge in [-0.3, -0.25) is 0 Å². The van der Waals surface area contributed by atoms with Crippen LogP contribution in [0.2, 0.25) is 0 Å². The summed E-state index contributed by atoms with van der Waals surface area (Å²) in [6.45, 7) is 0.837. The minimum Gasteiger partial charge on any atom is -0.345 e. The summed E-state index contributed by atoms with van der Waals surface area (Å²) >= 11 is 0. The minimum atomic E-state index is -4.53. The van der Waals surface area contributed by atoms with E-state index in [1.807, 2.05) is 53.2 Å². The van der Waals surface area contributed by atoms with E-state index < -0.39 is 17.8 Å². The molecule has 0 spiro atoms. The Morgan fingerprint density at radius 2 is 1.63 bits per heavy atom. The number of rotatable bonds is 5. The molecule has 2 N–H and O–H groups in total. The zero-order chi connectivity index (χ0) is 19.3. The lowest BCUT2D eigenvalue weighted by atomic mass is 10.1. The summed E-state index contributed by atoms with van der Waals surface area (Å²) in [6, 6.07) is 17.7. The minimum absolute atomic E-state index is 0.194. The van der Waals surface area contributed by atoms with Crippen LogP contribution in [-0.2, 0) is 19.3 Å². The Morgan fingerprint density at radius 1 is 0.926 bits per heavy atom. The molecule has 0 bridgehead atoms. The molecule has 2 amide bonds. The molecule has 2 aromatic carbocycles. The molecular formula is C20H18F3N3O. The summed E-state index contributed by atoms with van der Waals surface area (Å²) in [5, 5.41) is 4.87. The number of carbonyl (C=O) groups excluding carboxylic acids is 1. The third kappa shape index (κ3) is 4.91. The third-order valence-electron chi connectivity index (χ3n) is 4.03. The van der Waals surface area contributed by atoms with Gasteiger partial charge in [-0.1, -0.05) is 42.5 Å². The lowest BCUT2D eigenvalue weighted by Gasteiger charge is -2.14. The van der Waals surface area contributed by atoms with E-state index in [9.17, 15) is 18.0 Å². The number of nitrogens with one attached hydrogen (secondary N) is 2. The fraction of sp³-hybridized carbons (Fsp3) is 0.150. The maximum Gasteiger partial charge on any atom is 0.418 e. The van der Waals surface area contributed by atoms with E-state index in [2.05, 4.69) is 10.6 Å². The summed E-state index contributed by atoms with van der Waals surface area (Å²) in [5.41, 5.74) is 0.798. The molecule has 0 unspecified atom stereocenters. The zero-order valence-electron chi connectivity index (χ0n) is 14.3. The summed E-state index contributed by atoms with van der Waals surface area (Å²) in [4.78, 5) is 12.1. The number of benzene rings is 2. The van der Waals surface area contributed by atoms with E-state index in [1.54, 1.807) is 0 Å². The normalized spacial score (nSPS) is 11.2. The van der Waals surface area contributed by atoms with Crippen molar-refractivity contribution in [2.75, 3.05) is 5.32 Å². The van der Waals surface area contributed by atoms with Gasteiger partial charge in [-0.15, -0.1) is 0 Å². The quantitative estimate of drug-likeness (QED) is 0.658. The molecule has 0 radical (unpaired) electrons. The smallest absolute Gasteiger partial charge is 0.345 e. The Kier molecular flexibility index (Phi) is 5.49. The second-order valence-electron chi connectivity index (χ2n) is 5.96. The van der Waals surface area contributed by atoms with E-state index in [-0.39, 0.29) is 12.2 Å². The molecule has 3 aromatic rings. The zero-order valence-corrected chi connectivity index (χ0v) is 14.3. The number of nitrogens with zero attached hydrogens (tertiary/aromatic N) is 1. The number of carbonyl (C=O) groups is 1. The highest BCUT2D eigenvalue weighted by Crippen LogP contribution is 2.34. The number of hydrogen-bond acceptors (Lipinski definition) is 1. The van der Waals surface area contributed by atoms with Crippen LogP contribution in [0.3, 0.4) is 0 Å². The average molecular weight is 373 g/mol. The van der Waals surface area contributed by atoms with Crippen LogP contribution >= 0.6 is 0 Å². The maximum atomic E-state index is 13.0. The largest absolute Gasteiger partial charge is 0.418 e. The van der Waals surface area contributed by atoms with Gasteiger partial charge in [-0.2, -0.15) is 13.2 Å². The van der Waals surface area contributed by atoms with Crippen molar-refractivity contribution in [3.05, 3.63) is 89.7 Å². The van der Waals surface area contributed by atoms with Gasteiger partial charge in [-0.05, 0) is 29.8 Å². The second kappa shape index (κ2) is 7.99. The highest BCUT2D eigenvalue weighted by Gasteiger charge is 2.33. The Hall–Kier alpha value is -3.22. The number of urea groups is 1. The number of hydrogen-bond donors (Lipinski definition) is 2. The predicted molar refractivity (Wildman–Crippen MR) is 97.3 cm³/mol. The van der Waals surface area contributed by atoms with Crippen LogP contribution in [0.5, 0.6) is 0 Å². The Labute approximate surface area is 154 Å². The van der Waals surface area contributed by atoms with Gasteiger partial charge in [0, 0.05) is 18.4 Å². The van der Waals surface area contributed by atoms with Crippen LogP contribution < -0.4 is 10.6 Å². The third-order valence-corrected chi connectivity index (χ3v) is 4.03. The molecular weight excluding hydrogens is 355 g/mol. The molecule has 1 aromatic heterocycles. The van der Waals surface area contributed by atoms with Crippen LogP contribution in [0, 0.1) is 0 Å². The molecule has 0 aliphatic heterocycles. The van der Waals surface area contributed by atoms with Crippen molar-refractivity contribution in [3.8, 4) is 0 Å². The highest BCUT2D eigenvalue weighted by atomic mass is 19.4. The molecule has 0 saturated carbocycles. The van der Waals surface area contributed by atoms with Crippen LogP contribution in [0.15, 0.2) is 72.9 Å². The fourth-order valence-electron chi connectivity index (χ4n) is 2.72. The van der Waals surface area contributed by atoms with Crippen LogP contribution in [0.1, 0.15) is 16.8 Å². The van der Waals surface area contributed by atoms with Crippen molar-refractivity contribution in [3.63, 3.8) is 0 Å². The van der Waals surface area contributed by atoms with E-state index in [1.165, 1.54) is 18.2 Å². The number of amides is 2. The monoisotopic (exact) mass is 373 g/mol. The molecule has 0 saturated heterocycles. The van der Waals surface area contributed by atoms with Gasteiger partial charge in [0.25, 0.3) is 0 Å².